The number of rotatable bonds is 0. The molecule has 0 spiro atoms. The van der Waals surface area contributed by atoms with Crippen molar-refractivity contribution < 1.29 is 5.11 Å². The van der Waals surface area contributed by atoms with Gasteiger partial charge in [0.1, 0.15) is 0 Å². The fourth-order valence-corrected chi connectivity index (χ4v) is 2.50. The standard InChI is InChI=1S/C9H16O/c10-9-6-3-7-1-4-8(9)5-2-7/h7-10H,1-6H2. The van der Waals surface area contributed by atoms with Gasteiger partial charge in [-0.2, -0.15) is 0 Å². The average Bonchev–Trinajstić information content (AvgIpc) is 2.24. The molecule has 3 fully saturated rings. The zero-order valence-corrected chi connectivity index (χ0v) is 6.42. The number of aliphatic hydroxyl groups excluding tert-OH is 1. The lowest BCUT2D eigenvalue weighted by Gasteiger charge is -2.24. The molecule has 10 heavy (non-hydrogen) atoms. The lowest BCUT2D eigenvalue weighted by atomic mass is 9.83. The molecule has 0 saturated heterocycles. The van der Waals surface area contributed by atoms with E-state index in [4.69, 9.17) is 0 Å². The maximum absolute atomic E-state index is 9.58. The molecule has 0 aromatic rings. The summed E-state index contributed by atoms with van der Waals surface area (Å²) in [6, 6.07) is 0. The Labute approximate surface area is 62.4 Å². The molecule has 0 aromatic heterocycles. The third-order valence-electron chi connectivity index (χ3n) is 3.31. The Hall–Kier alpha value is -0.0400. The molecule has 1 N–H and O–H groups in total. The molecule has 0 heterocycles. The number of fused-ring (bicyclic) bond motifs is 4. The molecule has 3 saturated carbocycles. The highest BCUT2D eigenvalue weighted by molar-refractivity contribution is 4.82. The predicted octanol–water partition coefficient (Wildman–Crippen LogP) is 1.95. The van der Waals surface area contributed by atoms with Gasteiger partial charge < -0.3 is 5.11 Å². The Balaban J connectivity index is 2.07. The van der Waals surface area contributed by atoms with Crippen molar-refractivity contribution >= 4 is 0 Å². The van der Waals surface area contributed by atoms with Gasteiger partial charge in [0.05, 0.1) is 6.10 Å². The van der Waals surface area contributed by atoms with E-state index in [1.807, 2.05) is 0 Å². The molecule has 0 amide bonds. The molecule has 0 aliphatic heterocycles. The second kappa shape index (κ2) is 2.54. The highest BCUT2D eigenvalue weighted by atomic mass is 16.3. The summed E-state index contributed by atoms with van der Waals surface area (Å²) in [4.78, 5) is 0. The molecular formula is C9H16O. The van der Waals surface area contributed by atoms with E-state index in [1.165, 1.54) is 32.1 Å². The van der Waals surface area contributed by atoms with E-state index in [2.05, 4.69) is 0 Å². The zero-order valence-electron chi connectivity index (χ0n) is 6.42. The minimum Gasteiger partial charge on any atom is -0.393 e. The molecule has 2 bridgehead atoms. The topological polar surface area (TPSA) is 20.2 Å². The van der Waals surface area contributed by atoms with E-state index >= 15 is 0 Å². The first-order valence-electron chi connectivity index (χ1n) is 4.54. The van der Waals surface area contributed by atoms with Gasteiger partial charge in [-0.3, -0.25) is 0 Å². The fraction of sp³-hybridized carbons (Fsp3) is 1.00. The highest BCUT2D eigenvalue weighted by Crippen LogP contribution is 2.38. The summed E-state index contributed by atoms with van der Waals surface area (Å²) >= 11 is 0. The maximum atomic E-state index is 9.58. The largest absolute Gasteiger partial charge is 0.393 e. The molecule has 1 atom stereocenters. The fourth-order valence-electron chi connectivity index (χ4n) is 2.50. The van der Waals surface area contributed by atoms with Crippen LogP contribution in [0.4, 0.5) is 0 Å². The normalized spacial score (nSPS) is 47.1. The minimum absolute atomic E-state index is 0.0486. The minimum atomic E-state index is 0.0486. The maximum Gasteiger partial charge on any atom is 0.0568 e. The van der Waals surface area contributed by atoms with Crippen LogP contribution in [-0.2, 0) is 0 Å². The number of hydrogen-bond acceptors (Lipinski definition) is 1. The van der Waals surface area contributed by atoms with Crippen molar-refractivity contribution in [1.29, 1.82) is 0 Å². The Kier molecular flexibility index (Phi) is 1.69. The highest BCUT2D eigenvalue weighted by Gasteiger charge is 2.30. The van der Waals surface area contributed by atoms with Crippen LogP contribution in [0, 0.1) is 11.8 Å². The first-order valence-corrected chi connectivity index (χ1v) is 4.54. The SMILES string of the molecule is OC1CCC2CCC1CC2. The summed E-state index contributed by atoms with van der Waals surface area (Å²) in [7, 11) is 0. The molecular weight excluding hydrogens is 124 g/mol. The molecule has 1 heteroatoms. The van der Waals surface area contributed by atoms with E-state index in [1.54, 1.807) is 0 Å². The van der Waals surface area contributed by atoms with Gasteiger partial charge in [-0.1, -0.05) is 12.8 Å². The third kappa shape index (κ3) is 1.07. The van der Waals surface area contributed by atoms with Crippen LogP contribution < -0.4 is 0 Å². The van der Waals surface area contributed by atoms with Gasteiger partial charge in [-0.05, 0) is 37.5 Å². The Morgan fingerprint density at radius 1 is 0.800 bits per heavy atom. The lowest BCUT2D eigenvalue weighted by molar-refractivity contribution is 0.0953. The summed E-state index contributed by atoms with van der Waals surface area (Å²) in [5.74, 6) is 1.63. The van der Waals surface area contributed by atoms with Gasteiger partial charge >= 0.3 is 0 Å². The van der Waals surface area contributed by atoms with Crippen LogP contribution in [0.5, 0.6) is 0 Å². The molecule has 3 aliphatic carbocycles. The Morgan fingerprint density at radius 3 is 2.10 bits per heavy atom. The molecule has 58 valence electrons. The lowest BCUT2D eigenvalue weighted by Crippen LogP contribution is -2.19. The van der Waals surface area contributed by atoms with Crippen LogP contribution >= 0.6 is 0 Å². The third-order valence-corrected chi connectivity index (χ3v) is 3.31. The molecule has 0 radical (unpaired) electrons. The van der Waals surface area contributed by atoms with Gasteiger partial charge in [-0.15, -0.1) is 0 Å². The van der Waals surface area contributed by atoms with Gasteiger partial charge in [0.25, 0.3) is 0 Å². The van der Waals surface area contributed by atoms with Gasteiger partial charge in [0.15, 0.2) is 0 Å². The first-order chi connectivity index (χ1) is 4.86. The van der Waals surface area contributed by atoms with Crippen molar-refractivity contribution in [2.24, 2.45) is 11.8 Å². The van der Waals surface area contributed by atoms with Crippen molar-refractivity contribution in [3.8, 4) is 0 Å². The van der Waals surface area contributed by atoms with Crippen LogP contribution in [0.25, 0.3) is 0 Å². The number of hydrogen-bond donors (Lipinski definition) is 1. The van der Waals surface area contributed by atoms with Gasteiger partial charge in [0.2, 0.25) is 0 Å². The van der Waals surface area contributed by atoms with Crippen LogP contribution in [0.3, 0.4) is 0 Å². The predicted molar refractivity (Wildman–Crippen MR) is 40.7 cm³/mol. The number of aliphatic hydroxyl groups is 1. The molecule has 0 aromatic carbocycles. The van der Waals surface area contributed by atoms with Crippen LogP contribution in [0.15, 0.2) is 0 Å². The van der Waals surface area contributed by atoms with Crippen LogP contribution in [0.1, 0.15) is 38.5 Å². The average molecular weight is 140 g/mol. The summed E-state index contributed by atoms with van der Waals surface area (Å²) in [5.41, 5.74) is 0. The first kappa shape index (κ1) is 6.66. The second-order valence-electron chi connectivity index (χ2n) is 3.93. The van der Waals surface area contributed by atoms with Crippen molar-refractivity contribution in [2.45, 2.75) is 44.6 Å². The summed E-state index contributed by atoms with van der Waals surface area (Å²) < 4.78 is 0. The summed E-state index contributed by atoms with van der Waals surface area (Å²) in [6.45, 7) is 0. The summed E-state index contributed by atoms with van der Waals surface area (Å²) in [6.07, 6.45) is 7.79. The van der Waals surface area contributed by atoms with Gasteiger partial charge in [-0.25, -0.2) is 0 Å². The monoisotopic (exact) mass is 140 g/mol. The quantitative estimate of drug-likeness (QED) is 0.545. The zero-order chi connectivity index (χ0) is 6.97. The molecule has 1 unspecified atom stereocenters. The Morgan fingerprint density at radius 2 is 1.40 bits per heavy atom. The van der Waals surface area contributed by atoms with Crippen LogP contribution in [0.2, 0.25) is 0 Å². The Bertz CT molecular complexity index is 114. The summed E-state index contributed by atoms with van der Waals surface area (Å²) in [5, 5.41) is 9.58. The van der Waals surface area contributed by atoms with Crippen molar-refractivity contribution in [1.82, 2.24) is 0 Å². The van der Waals surface area contributed by atoms with Crippen molar-refractivity contribution in [3.63, 3.8) is 0 Å². The van der Waals surface area contributed by atoms with Crippen LogP contribution in [-0.4, -0.2) is 11.2 Å². The van der Waals surface area contributed by atoms with E-state index in [9.17, 15) is 5.11 Å². The van der Waals surface area contributed by atoms with Crippen molar-refractivity contribution in [2.75, 3.05) is 0 Å². The molecule has 1 nitrogen and oxygen atoms in total. The van der Waals surface area contributed by atoms with E-state index < -0.39 is 0 Å². The van der Waals surface area contributed by atoms with E-state index in [0.29, 0.717) is 5.92 Å². The smallest absolute Gasteiger partial charge is 0.0568 e. The van der Waals surface area contributed by atoms with Crippen molar-refractivity contribution in [3.05, 3.63) is 0 Å². The molecule has 3 rings (SSSR count). The van der Waals surface area contributed by atoms with E-state index in [-0.39, 0.29) is 6.10 Å². The molecule has 3 aliphatic rings. The van der Waals surface area contributed by atoms with E-state index in [0.717, 1.165) is 12.3 Å². The van der Waals surface area contributed by atoms with Gasteiger partial charge in [0, 0.05) is 0 Å². The second-order valence-corrected chi connectivity index (χ2v) is 3.93.